The molecule has 0 saturated carbocycles. The summed E-state index contributed by atoms with van der Waals surface area (Å²) in [7, 11) is 0.270. The molecule has 1 aromatic heterocycles. The molecule has 0 radical (unpaired) electrons. The minimum atomic E-state index is -4.55. The van der Waals surface area contributed by atoms with Crippen LogP contribution in [-0.4, -0.2) is 13.4 Å². The largest absolute Gasteiger partial charge is 0.280 e. The predicted molar refractivity (Wildman–Crippen MR) is 46.9 cm³/mol. The highest BCUT2D eigenvalue weighted by Gasteiger charge is 2.24. The Bertz CT molecular complexity index is 568. The lowest BCUT2D eigenvalue weighted by atomic mass is 10.3. The van der Waals surface area contributed by atoms with E-state index in [0.717, 1.165) is 6.07 Å². The summed E-state index contributed by atoms with van der Waals surface area (Å²) < 4.78 is 59.4. The van der Waals surface area contributed by atoms with Gasteiger partial charge in [0, 0.05) is 10.7 Å². The molecular weight excluding hydrogens is 269 g/mol. The van der Waals surface area contributed by atoms with E-state index < -0.39 is 37.6 Å². The third-order valence-electron chi connectivity index (χ3n) is 1.54. The zero-order chi connectivity index (χ0) is 12.5. The van der Waals surface area contributed by atoms with Gasteiger partial charge in [-0.15, -0.1) is 0 Å². The zero-order valence-corrected chi connectivity index (χ0v) is 8.86. The zero-order valence-electron chi connectivity index (χ0n) is 7.29. The fourth-order valence-electron chi connectivity index (χ4n) is 0.888. The lowest BCUT2D eigenvalue weighted by Gasteiger charge is -2.04. The van der Waals surface area contributed by atoms with Gasteiger partial charge in [-0.25, -0.2) is 26.6 Å². The van der Waals surface area contributed by atoms with E-state index in [1.165, 1.54) is 0 Å². The van der Waals surface area contributed by atoms with Gasteiger partial charge in [0.15, 0.2) is 11.5 Å². The van der Waals surface area contributed by atoms with Crippen molar-refractivity contribution in [3.63, 3.8) is 0 Å². The van der Waals surface area contributed by atoms with Crippen molar-refractivity contribution in [1.82, 2.24) is 4.98 Å². The molecule has 0 spiro atoms. The average molecular weight is 271 g/mol. The van der Waals surface area contributed by atoms with Crippen molar-refractivity contribution in [3.05, 3.63) is 23.3 Å². The number of hydrogen-bond acceptors (Lipinski definition) is 4. The maximum absolute atomic E-state index is 13.2. The molecule has 0 aromatic carbocycles. The van der Waals surface area contributed by atoms with Gasteiger partial charge in [-0.2, -0.15) is 5.26 Å². The van der Waals surface area contributed by atoms with Crippen LogP contribution in [0.4, 0.5) is 13.2 Å². The van der Waals surface area contributed by atoms with Gasteiger partial charge in [0.05, 0.1) is 0 Å². The molecule has 0 N–H and O–H groups in total. The Morgan fingerprint density at radius 1 is 1.50 bits per heavy atom. The third-order valence-corrected chi connectivity index (χ3v) is 2.86. The highest BCUT2D eigenvalue weighted by molar-refractivity contribution is 8.13. The number of hydrogen-bond donors (Lipinski definition) is 0. The Labute approximate surface area is 92.7 Å². The first-order valence-electron chi connectivity index (χ1n) is 3.60. The molecule has 86 valence electrons. The molecule has 16 heavy (non-hydrogen) atoms. The molecule has 0 unspecified atom stereocenters. The van der Waals surface area contributed by atoms with Crippen LogP contribution in [0, 0.1) is 17.1 Å². The van der Waals surface area contributed by atoms with E-state index in [1.54, 1.807) is 0 Å². The van der Waals surface area contributed by atoms with E-state index in [4.69, 9.17) is 15.9 Å². The second-order valence-electron chi connectivity index (χ2n) is 2.56. The summed E-state index contributed by atoms with van der Waals surface area (Å²) in [6.07, 6.45) is -3.13. The lowest BCUT2D eigenvalue weighted by molar-refractivity contribution is 0.145. The molecule has 1 aromatic rings. The van der Waals surface area contributed by atoms with E-state index in [0.29, 0.717) is 6.07 Å². The van der Waals surface area contributed by atoms with Crippen LogP contribution in [-0.2, 0) is 9.05 Å². The molecule has 1 heterocycles. The summed E-state index contributed by atoms with van der Waals surface area (Å²) >= 11 is 0. The van der Waals surface area contributed by atoms with Crippen molar-refractivity contribution in [1.29, 1.82) is 5.26 Å². The number of pyridine rings is 1. The quantitative estimate of drug-likeness (QED) is 0.770. The predicted octanol–water partition coefficient (Wildman–Crippen LogP) is 1.96. The standard InChI is InChI=1S/C7H2ClF3N2O2S/c8-16(14,15)5-1-3(7(10)11)13-4(2-12)6(5)9/h1,7H. The van der Waals surface area contributed by atoms with Crippen molar-refractivity contribution in [3.8, 4) is 6.07 Å². The van der Waals surface area contributed by atoms with Crippen LogP contribution in [0.1, 0.15) is 17.8 Å². The number of aromatic nitrogens is 1. The SMILES string of the molecule is N#Cc1nc(C(F)F)cc(S(=O)(=O)Cl)c1F. The third kappa shape index (κ3) is 2.43. The maximum Gasteiger partial charge on any atom is 0.280 e. The van der Waals surface area contributed by atoms with Gasteiger partial charge in [0.1, 0.15) is 16.7 Å². The molecule has 0 aliphatic heterocycles. The first-order chi connectivity index (χ1) is 7.27. The monoisotopic (exact) mass is 270 g/mol. The van der Waals surface area contributed by atoms with E-state index in [1.807, 2.05) is 0 Å². The summed E-state index contributed by atoms with van der Waals surface area (Å²) in [5, 5.41) is 8.38. The normalized spacial score (nSPS) is 11.5. The molecule has 0 fully saturated rings. The van der Waals surface area contributed by atoms with Crippen molar-refractivity contribution < 1.29 is 21.6 Å². The van der Waals surface area contributed by atoms with Crippen molar-refractivity contribution >= 4 is 19.7 Å². The van der Waals surface area contributed by atoms with Crippen LogP contribution in [0.15, 0.2) is 11.0 Å². The van der Waals surface area contributed by atoms with Crippen molar-refractivity contribution in [2.75, 3.05) is 0 Å². The van der Waals surface area contributed by atoms with Crippen LogP contribution in [0.3, 0.4) is 0 Å². The molecule has 0 bridgehead atoms. The van der Waals surface area contributed by atoms with Gasteiger partial charge in [-0.05, 0) is 6.07 Å². The lowest BCUT2D eigenvalue weighted by Crippen LogP contribution is -2.04. The van der Waals surface area contributed by atoms with Gasteiger partial charge in [-0.3, -0.25) is 0 Å². The maximum atomic E-state index is 13.2. The fraction of sp³-hybridized carbons (Fsp3) is 0.143. The summed E-state index contributed by atoms with van der Waals surface area (Å²) in [5.74, 6) is -1.54. The fourth-order valence-corrected chi connectivity index (χ4v) is 1.80. The molecule has 9 heteroatoms. The number of nitrogens with zero attached hydrogens (tertiary/aromatic N) is 2. The van der Waals surface area contributed by atoms with Gasteiger partial charge < -0.3 is 0 Å². The number of nitriles is 1. The topological polar surface area (TPSA) is 70.8 Å². The minimum Gasteiger partial charge on any atom is -0.233 e. The average Bonchev–Trinajstić information content (AvgIpc) is 2.15. The van der Waals surface area contributed by atoms with Gasteiger partial charge >= 0.3 is 0 Å². The first kappa shape index (κ1) is 12.7. The smallest absolute Gasteiger partial charge is 0.233 e. The Balaban J connectivity index is 3.63. The molecular formula is C7H2ClF3N2O2S. The molecule has 0 aliphatic rings. The minimum absolute atomic E-state index is 0.295. The summed E-state index contributed by atoms with van der Waals surface area (Å²) in [4.78, 5) is 1.77. The van der Waals surface area contributed by atoms with E-state index in [9.17, 15) is 21.6 Å². The van der Waals surface area contributed by atoms with Gasteiger partial charge in [-0.1, -0.05) is 0 Å². The van der Waals surface area contributed by atoms with Gasteiger partial charge in [0.25, 0.3) is 15.5 Å². The van der Waals surface area contributed by atoms with Crippen molar-refractivity contribution in [2.24, 2.45) is 0 Å². The van der Waals surface area contributed by atoms with Crippen LogP contribution < -0.4 is 0 Å². The Morgan fingerprint density at radius 2 is 2.06 bits per heavy atom. The number of rotatable bonds is 2. The molecule has 0 saturated heterocycles. The van der Waals surface area contributed by atoms with Gasteiger partial charge in [0.2, 0.25) is 0 Å². The van der Waals surface area contributed by atoms with E-state index in [2.05, 4.69) is 4.98 Å². The van der Waals surface area contributed by atoms with E-state index in [-0.39, 0.29) is 0 Å². The summed E-state index contributed by atoms with van der Waals surface area (Å²) in [6.45, 7) is 0. The second kappa shape index (κ2) is 4.27. The molecule has 0 amide bonds. The highest BCUT2D eigenvalue weighted by atomic mass is 35.7. The Hall–Kier alpha value is -1.33. The Kier molecular flexibility index (Phi) is 3.40. The van der Waals surface area contributed by atoms with E-state index >= 15 is 0 Å². The number of alkyl halides is 2. The first-order valence-corrected chi connectivity index (χ1v) is 5.91. The molecule has 0 atom stereocenters. The molecule has 0 aliphatic carbocycles. The molecule has 1 rings (SSSR count). The Morgan fingerprint density at radius 3 is 2.44 bits per heavy atom. The van der Waals surface area contributed by atoms with Crippen LogP contribution >= 0.6 is 10.7 Å². The number of halogens is 4. The summed E-state index contributed by atoms with van der Waals surface area (Å²) in [6, 6.07) is 1.46. The second-order valence-corrected chi connectivity index (χ2v) is 5.09. The molecule has 4 nitrogen and oxygen atoms in total. The van der Waals surface area contributed by atoms with Crippen LogP contribution in [0.2, 0.25) is 0 Å². The van der Waals surface area contributed by atoms with Crippen LogP contribution in [0.25, 0.3) is 0 Å². The van der Waals surface area contributed by atoms with Crippen molar-refractivity contribution in [2.45, 2.75) is 11.3 Å². The highest BCUT2D eigenvalue weighted by Crippen LogP contribution is 2.26. The summed E-state index contributed by atoms with van der Waals surface area (Å²) in [5.41, 5.74) is -2.07. The van der Waals surface area contributed by atoms with Crippen LogP contribution in [0.5, 0.6) is 0 Å².